The van der Waals surface area contributed by atoms with Gasteiger partial charge in [-0.15, -0.1) is 0 Å². The minimum absolute atomic E-state index is 0.0240. The number of amides is 2. The Morgan fingerprint density at radius 2 is 1.65 bits per heavy atom. The van der Waals surface area contributed by atoms with Crippen molar-refractivity contribution in [1.29, 1.82) is 0 Å². The van der Waals surface area contributed by atoms with Crippen LogP contribution in [0.25, 0.3) is 0 Å². The van der Waals surface area contributed by atoms with Crippen LogP contribution in [0.2, 0.25) is 5.02 Å². The number of nitro benzene ring substituents is 1. The van der Waals surface area contributed by atoms with E-state index in [1.807, 2.05) is 13.8 Å². The first kappa shape index (κ1) is 30.6. The molecular formula is C28H31ClN4O6S. The third-order valence-electron chi connectivity index (χ3n) is 6.03. The molecule has 0 unspecified atom stereocenters. The number of carbonyl (C=O) groups is 2. The molecule has 0 heterocycles. The first-order valence-corrected chi connectivity index (χ1v) is 14.4. The van der Waals surface area contributed by atoms with Crippen LogP contribution >= 0.6 is 11.6 Å². The van der Waals surface area contributed by atoms with Crippen molar-refractivity contribution in [2.75, 3.05) is 17.4 Å². The van der Waals surface area contributed by atoms with Crippen molar-refractivity contribution in [2.45, 2.75) is 38.3 Å². The molecule has 3 aromatic carbocycles. The molecule has 12 heteroatoms. The van der Waals surface area contributed by atoms with Gasteiger partial charge in [0.25, 0.3) is 15.7 Å². The minimum atomic E-state index is -4.33. The summed E-state index contributed by atoms with van der Waals surface area (Å²) in [7, 11) is -4.33. The molecule has 0 aliphatic heterocycles. The smallest absolute Gasteiger partial charge is 0.271 e. The molecule has 0 aromatic heterocycles. The standard InChI is InChI=1S/C28H31ClN4O6S/c1-20(2)17-30-28(35)21(3)31(18-22-9-7-10-23(29)15-22)27(34)19-32(24-11-8-12-25(16-24)33(36)37)40(38,39)26-13-5-4-6-14-26/h4-16,20-21H,17-19H2,1-3H3,(H,30,35)/t21-/m0/s1. The van der Waals surface area contributed by atoms with Crippen LogP contribution < -0.4 is 9.62 Å². The lowest BCUT2D eigenvalue weighted by Crippen LogP contribution is -2.51. The third kappa shape index (κ3) is 7.80. The van der Waals surface area contributed by atoms with Gasteiger partial charge in [-0.25, -0.2) is 8.42 Å². The second-order valence-electron chi connectivity index (χ2n) is 9.57. The van der Waals surface area contributed by atoms with Gasteiger partial charge in [0.1, 0.15) is 12.6 Å². The normalized spacial score (nSPS) is 12.0. The maximum absolute atomic E-state index is 13.9. The predicted octanol–water partition coefficient (Wildman–Crippen LogP) is 4.63. The molecule has 3 aromatic rings. The number of nitrogens with one attached hydrogen (secondary N) is 1. The van der Waals surface area contributed by atoms with E-state index in [9.17, 15) is 28.1 Å². The van der Waals surface area contributed by atoms with E-state index in [2.05, 4.69) is 5.32 Å². The number of rotatable bonds is 12. The maximum Gasteiger partial charge on any atom is 0.271 e. The fraction of sp³-hybridized carbons (Fsp3) is 0.286. The van der Waals surface area contributed by atoms with Crippen LogP contribution in [-0.2, 0) is 26.2 Å². The van der Waals surface area contributed by atoms with E-state index in [1.165, 1.54) is 47.4 Å². The monoisotopic (exact) mass is 586 g/mol. The predicted molar refractivity (Wildman–Crippen MR) is 153 cm³/mol. The Kier molecular flexibility index (Phi) is 10.2. The van der Waals surface area contributed by atoms with Gasteiger partial charge in [-0.05, 0) is 48.7 Å². The molecular weight excluding hydrogens is 556 g/mol. The van der Waals surface area contributed by atoms with Crippen LogP contribution in [0.3, 0.4) is 0 Å². The lowest BCUT2D eigenvalue weighted by Gasteiger charge is -2.32. The highest BCUT2D eigenvalue weighted by molar-refractivity contribution is 7.92. The molecule has 0 aliphatic carbocycles. The molecule has 0 saturated carbocycles. The summed E-state index contributed by atoms with van der Waals surface area (Å²) in [6.07, 6.45) is 0. The average molecular weight is 587 g/mol. The molecule has 10 nitrogen and oxygen atoms in total. The van der Waals surface area contributed by atoms with Gasteiger partial charge in [-0.3, -0.25) is 24.0 Å². The third-order valence-corrected chi connectivity index (χ3v) is 8.06. The van der Waals surface area contributed by atoms with E-state index in [4.69, 9.17) is 11.6 Å². The molecule has 0 aliphatic rings. The minimum Gasteiger partial charge on any atom is -0.354 e. The van der Waals surface area contributed by atoms with Crippen LogP contribution in [0.4, 0.5) is 11.4 Å². The lowest BCUT2D eigenvalue weighted by molar-refractivity contribution is -0.384. The van der Waals surface area contributed by atoms with Crippen LogP contribution in [0.5, 0.6) is 0 Å². The Balaban J connectivity index is 2.05. The Morgan fingerprint density at radius 1 is 0.975 bits per heavy atom. The van der Waals surface area contributed by atoms with Crippen molar-refractivity contribution in [3.05, 3.63) is 99.6 Å². The molecule has 0 bridgehead atoms. The Labute approximate surface area is 238 Å². The molecule has 0 saturated heterocycles. The molecule has 0 spiro atoms. The Bertz CT molecular complexity index is 1470. The second-order valence-corrected chi connectivity index (χ2v) is 11.9. The summed E-state index contributed by atoms with van der Waals surface area (Å²) >= 11 is 6.14. The number of hydrogen-bond acceptors (Lipinski definition) is 6. The van der Waals surface area contributed by atoms with Crippen molar-refractivity contribution < 1.29 is 22.9 Å². The molecule has 2 amide bonds. The number of nitrogens with zero attached hydrogens (tertiary/aromatic N) is 3. The summed E-state index contributed by atoms with van der Waals surface area (Å²) in [4.78, 5) is 38.8. The fourth-order valence-corrected chi connectivity index (χ4v) is 5.52. The topological polar surface area (TPSA) is 130 Å². The highest BCUT2D eigenvalue weighted by atomic mass is 35.5. The van der Waals surface area contributed by atoms with Crippen LogP contribution in [0, 0.1) is 16.0 Å². The number of carbonyl (C=O) groups excluding carboxylic acids is 2. The first-order valence-electron chi connectivity index (χ1n) is 12.5. The van der Waals surface area contributed by atoms with E-state index in [-0.39, 0.29) is 28.7 Å². The summed E-state index contributed by atoms with van der Waals surface area (Å²) in [5, 5.41) is 14.7. The fourth-order valence-electron chi connectivity index (χ4n) is 3.88. The number of non-ortho nitro benzene ring substituents is 1. The maximum atomic E-state index is 13.9. The van der Waals surface area contributed by atoms with Gasteiger partial charge in [-0.1, -0.05) is 61.8 Å². The quantitative estimate of drug-likeness (QED) is 0.243. The Morgan fingerprint density at radius 3 is 2.27 bits per heavy atom. The number of nitro groups is 1. The average Bonchev–Trinajstić information content (AvgIpc) is 2.93. The number of benzene rings is 3. The summed E-state index contributed by atoms with van der Waals surface area (Å²) < 4.78 is 28.3. The van der Waals surface area contributed by atoms with E-state index in [0.29, 0.717) is 17.1 Å². The highest BCUT2D eigenvalue weighted by Gasteiger charge is 2.33. The highest BCUT2D eigenvalue weighted by Crippen LogP contribution is 2.27. The molecule has 1 N–H and O–H groups in total. The summed E-state index contributed by atoms with van der Waals surface area (Å²) in [5.41, 5.74) is 0.235. The van der Waals surface area contributed by atoms with Gasteiger partial charge in [0.2, 0.25) is 11.8 Å². The van der Waals surface area contributed by atoms with Gasteiger partial charge in [0, 0.05) is 30.2 Å². The van der Waals surface area contributed by atoms with Gasteiger partial charge in [0.15, 0.2) is 0 Å². The lowest BCUT2D eigenvalue weighted by atomic mass is 10.1. The van der Waals surface area contributed by atoms with E-state index in [1.54, 1.807) is 37.3 Å². The van der Waals surface area contributed by atoms with E-state index in [0.717, 1.165) is 10.4 Å². The van der Waals surface area contributed by atoms with Gasteiger partial charge >= 0.3 is 0 Å². The second kappa shape index (κ2) is 13.4. The van der Waals surface area contributed by atoms with Crippen molar-refractivity contribution in [3.63, 3.8) is 0 Å². The van der Waals surface area contributed by atoms with E-state index < -0.39 is 39.3 Å². The Hall–Kier alpha value is -3.96. The zero-order valence-electron chi connectivity index (χ0n) is 22.4. The van der Waals surface area contributed by atoms with Crippen molar-refractivity contribution >= 4 is 44.8 Å². The molecule has 212 valence electrons. The molecule has 40 heavy (non-hydrogen) atoms. The van der Waals surface area contributed by atoms with Crippen molar-refractivity contribution in [3.8, 4) is 0 Å². The summed E-state index contributed by atoms with van der Waals surface area (Å²) in [6, 6.07) is 18.3. The van der Waals surface area contributed by atoms with Crippen LogP contribution in [-0.4, -0.2) is 49.2 Å². The number of sulfonamides is 1. The zero-order valence-corrected chi connectivity index (χ0v) is 23.9. The summed E-state index contributed by atoms with van der Waals surface area (Å²) in [5.74, 6) is -0.913. The van der Waals surface area contributed by atoms with Gasteiger partial charge in [0.05, 0.1) is 15.5 Å². The number of halogens is 1. The molecule has 0 fully saturated rings. The van der Waals surface area contributed by atoms with Crippen molar-refractivity contribution in [1.82, 2.24) is 10.2 Å². The van der Waals surface area contributed by atoms with E-state index >= 15 is 0 Å². The van der Waals surface area contributed by atoms with Crippen LogP contribution in [0.1, 0.15) is 26.3 Å². The summed E-state index contributed by atoms with van der Waals surface area (Å²) in [6.45, 7) is 5.09. The van der Waals surface area contributed by atoms with Gasteiger partial charge in [-0.2, -0.15) is 0 Å². The number of hydrogen-bond donors (Lipinski definition) is 1. The van der Waals surface area contributed by atoms with Crippen LogP contribution in [0.15, 0.2) is 83.8 Å². The SMILES string of the molecule is CC(C)CNC(=O)[C@H](C)N(Cc1cccc(Cl)c1)C(=O)CN(c1cccc([N+](=O)[O-])c1)S(=O)(=O)c1ccccc1. The molecule has 1 atom stereocenters. The van der Waals surface area contributed by atoms with Crippen molar-refractivity contribution in [2.24, 2.45) is 5.92 Å². The number of anilines is 1. The zero-order chi connectivity index (χ0) is 29.4. The first-order chi connectivity index (χ1) is 18.9. The largest absolute Gasteiger partial charge is 0.354 e. The molecule has 0 radical (unpaired) electrons. The van der Waals surface area contributed by atoms with Gasteiger partial charge < -0.3 is 10.2 Å². The molecule has 3 rings (SSSR count).